The molecular formula is C13H28N2. The Balaban J connectivity index is 2.20. The Morgan fingerprint density at radius 1 is 1.40 bits per heavy atom. The third kappa shape index (κ3) is 4.52. The highest BCUT2D eigenvalue weighted by Gasteiger charge is 2.15. The highest BCUT2D eigenvalue weighted by atomic mass is 15.1. The molecule has 1 heterocycles. The molecule has 15 heavy (non-hydrogen) atoms. The average molecular weight is 212 g/mol. The second kappa shape index (κ2) is 7.24. The molecular weight excluding hydrogens is 184 g/mol. The zero-order valence-corrected chi connectivity index (χ0v) is 10.8. The highest BCUT2D eigenvalue weighted by molar-refractivity contribution is 4.72. The number of rotatable bonds is 6. The fraction of sp³-hybridized carbons (Fsp3) is 1.00. The summed E-state index contributed by atoms with van der Waals surface area (Å²) in [7, 11) is 0. The first-order valence-electron chi connectivity index (χ1n) is 6.72. The Labute approximate surface area is 95.4 Å². The van der Waals surface area contributed by atoms with Gasteiger partial charge in [-0.1, -0.05) is 13.8 Å². The van der Waals surface area contributed by atoms with Crippen LogP contribution in [0.25, 0.3) is 0 Å². The molecule has 2 atom stereocenters. The first-order chi connectivity index (χ1) is 7.27. The van der Waals surface area contributed by atoms with Crippen molar-refractivity contribution in [1.82, 2.24) is 10.2 Å². The standard InChI is InChI=1S/C13H28N2/c1-4-12(3)15(5-2)10-8-13-7-6-9-14-11-13/h12-14H,4-11H2,1-3H3. The summed E-state index contributed by atoms with van der Waals surface area (Å²) in [5.74, 6) is 0.928. The van der Waals surface area contributed by atoms with Gasteiger partial charge in [-0.05, 0) is 64.7 Å². The van der Waals surface area contributed by atoms with Gasteiger partial charge in [-0.25, -0.2) is 0 Å². The smallest absolute Gasteiger partial charge is 0.00641 e. The molecule has 0 spiro atoms. The van der Waals surface area contributed by atoms with Crippen LogP contribution in [0, 0.1) is 5.92 Å². The van der Waals surface area contributed by atoms with E-state index in [1.165, 1.54) is 51.9 Å². The number of nitrogens with one attached hydrogen (secondary N) is 1. The maximum Gasteiger partial charge on any atom is 0.00641 e. The predicted octanol–water partition coefficient (Wildman–Crippen LogP) is 2.50. The fourth-order valence-electron chi connectivity index (χ4n) is 2.47. The van der Waals surface area contributed by atoms with Gasteiger partial charge >= 0.3 is 0 Å². The van der Waals surface area contributed by atoms with E-state index in [1.807, 2.05) is 0 Å². The summed E-state index contributed by atoms with van der Waals surface area (Å²) < 4.78 is 0. The van der Waals surface area contributed by atoms with Crippen LogP contribution in [-0.4, -0.2) is 37.1 Å². The van der Waals surface area contributed by atoms with E-state index in [4.69, 9.17) is 0 Å². The summed E-state index contributed by atoms with van der Waals surface area (Å²) in [6.45, 7) is 11.9. The molecule has 0 amide bonds. The van der Waals surface area contributed by atoms with Gasteiger partial charge in [0.25, 0.3) is 0 Å². The van der Waals surface area contributed by atoms with Crippen LogP contribution in [0.1, 0.15) is 46.5 Å². The molecule has 1 rings (SSSR count). The third-order valence-corrected chi connectivity index (χ3v) is 3.84. The van der Waals surface area contributed by atoms with Crippen molar-refractivity contribution >= 4 is 0 Å². The minimum Gasteiger partial charge on any atom is -0.316 e. The molecule has 2 nitrogen and oxygen atoms in total. The largest absolute Gasteiger partial charge is 0.316 e. The molecule has 0 radical (unpaired) electrons. The lowest BCUT2D eigenvalue weighted by atomic mass is 9.96. The Morgan fingerprint density at radius 2 is 2.20 bits per heavy atom. The van der Waals surface area contributed by atoms with Crippen molar-refractivity contribution in [2.24, 2.45) is 5.92 Å². The van der Waals surface area contributed by atoms with Crippen LogP contribution in [0.15, 0.2) is 0 Å². The Hall–Kier alpha value is -0.0800. The van der Waals surface area contributed by atoms with Crippen molar-refractivity contribution in [1.29, 1.82) is 0 Å². The molecule has 0 bridgehead atoms. The van der Waals surface area contributed by atoms with Gasteiger partial charge < -0.3 is 10.2 Å². The summed E-state index contributed by atoms with van der Waals surface area (Å²) >= 11 is 0. The van der Waals surface area contributed by atoms with Crippen molar-refractivity contribution in [3.05, 3.63) is 0 Å². The molecule has 1 fully saturated rings. The summed E-state index contributed by atoms with van der Waals surface area (Å²) in [5, 5.41) is 3.50. The zero-order chi connectivity index (χ0) is 11.1. The molecule has 2 heteroatoms. The zero-order valence-electron chi connectivity index (χ0n) is 10.8. The molecule has 0 aromatic rings. The lowest BCUT2D eigenvalue weighted by molar-refractivity contribution is 0.191. The summed E-state index contributed by atoms with van der Waals surface area (Å²) in [5.41, 5.74) is 0. The lowest BCUT2D eigenvalue weighted by Crippen LogP contribution is -2.36. The molecule has 1 saturated heterocycles. The van der Waals surface area contributed by atoms with Crippen molar-refractivity contribution in [2.45, 2.75) is 52.5 Å². The van der Waals surface area contributed by atoms with Gasteiger partial charge in [-0.3, -0.25) is 0 Å². The van der Waals surface area contributed by atoms with Gasteiger partial charge in [-0.2, -0.15) is 0 Å². The second-order valence-electron chi connectivity index (χ2n) is 4.89. The minimum atomic E-state index is 0.756. The minimum absolute atomic E-state index is 0.756. The number of hydrogen-bond donors (Lipinski definition) is 1. The molecule has 0 aromatic heterocycles. The lowest BCUT2D eigenvalue weighted by Gasteiger charge is -2.30. The average Bonchev–Trinajstić information content (AvgIpc) is 2.31. The molecule has 0 aliphatic carbocycles. The van der Waals surface area contributed by atoms with E-state index < -0.39 is 0 Å². The predicted molar refractivity (Wildman–Crippen MR) is 67.2 cm³/mol. The van der Waals surface area contributed by atoms with Gasteiger partial charge in [0.05, 0.1) is 0 Å². The van der Waals surface area contributed by atoms with Crippen LogP contribution in [0.2, 0.25) is 0 Å². The van der Waals surface area contributed by atoms with Crippen molar-refractivity contribution in [2.75, 3.05) is 26.2 Å². The Bertz CT molecular complexity index is 153. The van der Waals surface area contributed by atoms with E-state index >= 15 is 0 Å². The second-order valence-corrected chi connectivity index (χ2v) is 4.89. The van der Waals surface area contributed by atoms with Gasteiger partial charge in [0, 0.05) is 6.04 Å². The molecule has 0 saturated carbocycles. The molecule has 2 unspecified atom stereocenters. The Morgan fingerprint density at radius 3 is 2.73 bits per heavy atom. The SMILES string of the molecule is CCC(C)N(CC)CCC1CCCNC1. The van der Waals surface area contributed by atoms with Gasteiger partial charge in [-0.15, -0.1) is 0 Å². The maximum atomic E-state index is 3.50. The van der Waals surface area contributed by atoms with Crippen LogP contribution in [-0.2, 0) is 0 Å². The highest BCUT2D eigenvalue weighted by Crippen LogP contribution is 2.15. The van der Waals surface area contributed by atoms with E-state index in [0.29, 0.717) is 0 Å². The Kier molecular flexibility index (Phi) is 6.26. The van der Waals surface area contributed by atoms with E-state index in [2.05, 4.69) is 31.0 Å². The van der Waals surface area contributed by atoms with Gasteiger partial charge in [0.15, 0.2) is 0 Å². The third-order valence-electron chi connectivity index (χ3n) is 3.84. The monoisotopic (exact) mass is 212 g/mol. The van der Waals surface area contributed by atoms with Crippen molar-refractivity contribution in [3.63, 3.8) is 0 Å². The molecule has 1 aliphatic heterocycles. The summed E-state index contributed by atoms with van der Waals surface area (Å²) in [6, 6.07) is 0.756. The normalized spacial score (nSPS) is 24.4. The van der Waals surface area contributed by atoms with Crippen LogP contribution >= 0.6 is 0 Å². The topological polar surface area (TPSA) is 15.3 Å². The first-order valence-corrected chi connectivity index (χ1v) is 6.72. The summed E-state index contributed by atoms with van der Waals surface area (Å²) in [4.78, 5) is 2.62. The van der Waals surface area contributed by atoms with Crippen LogP contribution in [0.5, 0.6) is 0 Å². The van der Waals surface area contributed by atoms with E-state index in [0.717, 1.165) is 12.0 Å². The van der Waals surface area contributed by atoms with E-state index in [-0.39, 0.29) is 0 Å². The van der Waals surface area contributed by atoms with E-state index in [9.17, 15) is 0 Å². The maximum absolute atomic E-state index is 3.50. The van der Waals surface area contributed by atoms with Crippen molar-refractivity contribution < 1.29 is 0 Å². The quantitative estimate of drug-likeness (QED) is 0.728. The number of piperidine rings is 1. The molecule has 1 N–H and O–H groups in total. The first kappa shape index (κ1) is 13.0. The summed E-state index contributed by atoms with van der Waals surface area (Å²) in [6.07, 6.45) is 5.47. The number of nitrogens with zero attached hydrogens (tertiary/aromatic N) is 1. The molecule has 1 aliphatic rings. The van der Waals surface area contributed by atoms with Crippen LogP contribution in [0.3, 0.4) is 0 Å². The van der Waals surface area contributed by atoms with Crippen LogP contribution < -0.4 is 5.32 Å². The van der Waals surface area contributed by atoms with E-state index in [1.54, 1.807) is 0 Å². The fourth-order valence-corrected chi connectivity index (χ4v) is 2.47. The molecule has 0 aromatic carbocycles. The van der Waals surface area contributed by atoms with Crippen molar-refractivity contribution in [3.8, 4) is 0 Å². The molecule has 90 valence electrons. The van der Waals surface area contributed by atoms with Gasteiger partial charge in [0.1, 0.15) is 0 Å². The van der Waals surface area contributed by atoms with Crippen LogP contribution in [0.4, 0.5) is 0 Å². The number of hydrogen-bond acceptors (Lipinski definition) is 2. The van der Waals surface area contributed by atoms with Gasteiger partial charge in [0.2, 0.25) is 0 Å².